The van der Waals surface area contributed by atoms with Crippen molar-refractivity contribution < 1.29 is 4.92 Å². The molecule has 0 amide bonds. The van der Waals surface area contributed by atoms with Crippen molar-refractivity contribution in [2.24, 2.45) is 0 Å². The fraction of sp³-hybridized carbons (Fsp3) is 0. The van der Waals surface area contributed by atoms with Gasteiger partial charge in [0.25, 0.3) is 0 Å². The molecule has 0 aliphatic carbocycles. The van der Waals surface area contributed by atoms with Gasteiger partial charge in [0.1, 0.15) is 12.5 Å². The Labute approximate surface area is 88.5 Å². The van der Waals surface area contributed by atoms with Crippen molar-refractivity contribution in [1.29, 1.82) is 0 Å². The van der Waals surface area contributed by atoms with Gasteiger partial charge in [-0.05, 0) is 33.6 Å². The van der Waals surface area contributed by atoms with E-state index in [-0.39, 0.29) is 16.8 Å². The third-order valence-electron chi connectivity index (χ3n) is 1.65. The van der Waals surface area contributed by atoms with E-state index in [1.807, 2.05) is 0 Å². The summed E-state index contributed by atoms with van der Waals surface area (Å²) < 4.78 is 1.20. The minimum Gasteiger partial charge on any atom is -0.358 e. The van der Waals surface area contributed by atoms with Crippen LogP contribution in [0.1, 0.15) is 0 Å². The Hall–Kier alpha value is -2.02. The summed E-state index contributed by atoms with van der Waals surface area (Å²) in [7, 11) is 0. The number of pyridine rings is 1. The van der Waals surface area contributed by atoms with Crippen molar-refractivity contribution in [3.8, 4) is 5.69 Å². The third kappa shape index (κ3) is 1.77. The van der Waals surface area contributed by atoms with E-state index in [0.29, 0.717) is 0 Å². The maximum atomic E-state index is 10.7. The quantitative estimate of drug-likeness (QED) is 0.567. The molecule has 0 N–H and O–H groups in total. The normalized spacial score (nSPS) is 10.2. The predicted molar refractivity (Wildman–Crippen MR) is 50.8 cm³/mol. The molecule has 2 heterocycles. The third-order valence-corrected chi connectivity index (χ3v) is 1.82. The minimum atomic E-state index is -0.592. The highest BCUT2D eigenvalue weighted by Crippen LogP contribution is 2.18. The number of rotatable bonds is 2. The van der Waals surface area contributed by atoms with Gasteiger partial charge in [-0.1, -0.05) is 0 Å². The number of nitro groups is 1. The summed E-state index contributed by atoms with van der Waals surface area (Å²) in [4.78, 5) is 17.4. The molecule has 0 spiro atoms. The summed E-state index contributed by atoms with van der Waals surface area (Å²) in [5.41, 5.74) is 0.224. The molecule has 0 bridgehead atoms. The van der Waals surface area contributed by atoms with Crippen molar-refractivity contribution in [3.05, 3.63) is 40.1 Å². The molecular formula is C7H4ClN5O2. The van der Waals surface area contributed by atoms with E-state index >= 15 is 0 Å². The summed E-state index contributed by atoms with van der Waals surface area (Å²) in [6, 6.07) is 3.08. The van der Waals surface area contributed by atoms with Crippen LogP contribution < -0.4 is 0 Å². The summed E-state index contributed by atoms with van der Waals surface area (Å²) >= 11 is 5.51. The standard InChI is InChI=1S/C7H4ClN5O2/c8-7-10-4-12(11-7)5-2-1-3-9-6(5)13(14)15/h1-4H. The molecule has 0 aliphatic rings. The van der Waals surface area contributed by atoms with Gasteiger partial charge in [0.05, 0.1) is 0 Å². The van der Waals surface area contributed by atoms with Gasteiger partial charge in [-0.25, -0.2) is 9.67 Å². The van der Waals surface area contributed by atoms with Crippen molar-refractivity contribution in [1.82, 2.24) is 19.7 Å². The highest BCUT2D eigenvalue weighted by atomic mass is 35.5. The van der Waals surface area contributed by atoms with E-state index in [1.165, 1.54) is 23.3 Å². The topological polar surface area (TPSA) is 86.7 Å². The zero-order valence-electron chi connectivity index (χ0n) is 7.24. The van der Waals surface area contributed by atoms with E-state index in [4.69, 9.17) is 11.6 Å². The van der Waals surface area contributed by atoms with Crippen molar-refractivity contribution >= 4 is 17.4 Å². The Morgan fingerprint density at radius 2 is 2.27 bits per heavy atom. The fourth-order valence-corrected chi connectivity index (χ4v) is 1.19. The van der Waals surface area contributed by atoms with Crippen molar-refractivity contribution in [2.45, 2.75) is 0 Å². The molecule has 2 aromatic rings. The van der Waals surface area contributed by atoms with Gasteiger partial charge < -0.3 is 10.1 Å². The van der Waals surface area contributed by atoms with E-state index in [1.54, 1.807) is 6.07 Å². The van der Waals surface area contributed by atoms with Crippen LogP contribution in [0.2, 0.25) is 5.28 Å². The van der Waals surface area contributed by atoms with Crippen LogP contribution in [0.3, 0.4) is 0 Å². The summed E-state index contributed by atoms with van der Waals surface area (Å²) in [6.07, 6.45) is 2.62. The van der Waals surface area contributed by atoms with Gasteiger partial charge >= 0.3 is 5.82 Å². The molecule has 2 rings (SSSR count). The van der Waals surface area contributed by atoms with Crippen molar-refractivity contribution in [3.63, 3.8) is 0 Å². The molecule has 7 nitrogen and oxygen atoms in total. The predicted octanol–water partition coefficient (Wildman–Crippen LogP) is 1.22. The monoisotopic (exact) mass is 225 g/mol. The minimum absolute atomic E-state index is 0.0214. The molecule has 0 aliphatic heterocycles. The van der Waals surface area contributed by atoms with Crippen LogP contribution in [0.15, 0.2) is 24.7 Å². The van der Waals surface area contributed by atoms with Gasteiger partial charge in [0.2, 0.25) is 5.28 Å². The van der Waals surface area contributed by atoms with Crippen LogP contribution in [-0.4, -0.2) is 24.7 Å². The van der Waals surface area contributed by atoms with Gasteiger partial charge in [-0.2, -0.15) is 0 Å². The number of halogens is 1. The molecule has 0 fully saturated rings. The number of hydrogen-bond donors (Lipinski definition) is 0. The number of nitrogens with zero attached hydrogens (tertiary/aromatic N) is 5. The molecular weight excluding hydrogens is 222 g/mol. The second-order valence-corrected chi connectivity index (χ2v) is 2.90. The molecule has 0 saturated heterocycles. The summed E-state index contributed by atoms with van der Waals surface area (Å²) in [6.45, 7) is 0. The largest absolute Gasteiger partial charge is 0.389 e. The summed E-state index contributed by atoms with van der Waals surface area (Å²) in [5.74, 6) is -0.293. The molecule has 8 heteroatoms. The maximum Gasteiger partial charge on any atom is 0.389 e. The first-order valence-corrected chi connectivity index (χ1v) is 4.23. The molecule has 0 atom stereocenters. The Bertz CT molecular complexity index is 512. The van der Waals surface area contributed by atoms with E-state index in [2.05, 4.69) is 15.1 Å². The van der Waals surface area contributed by atoms with Crippen LogP contribution in [0.4, 0.5) is 5.82 Å². The fourth-order valence-electron chi connectivity index (χ4n) is 1.07. The zero-order chi connectivity index (χ0) is 10.8. The Kier molecular flexibility index (Phi) is 2.30. The lowest BCUT2D eigenvalue weighted by Gasteiger charge is -1.99. The Morgan fingerprint density at radius 3 is 2.87 bits per heavy atom. The van der Waals surface area contributed by atoms with Gasteiger partial charge in [-0.3, -0.25) is 0 Å². The lowest BCUT2D eigenvalue weighted by Crippen LogP contribution is -2.02. The van der Waals surface area contributed by atoms with Crippen LogP contribution in [0, 0.1) is 10.1 Å². The maximum absolute atomic E-state index is 10.7. The van der Waals surface area contributed by atoms with E-state index in [0.717, 1.165) is 0 Å². The highest BCUT2D eigenvalue weighted by molar-refractivity contribution is 6.28. The Balaban J connectivity index is 2.57. The lowest BCUT2D eigenvalue weighted by molar-refractivity contribution is -0.389. The smallest absolute Gasteiger partial charge is 0.358 e. The molecule has 0 aromatic carbocycles. The second-order valence-electron chi connectivity index (χ2n) is 2.56. The van der Waals surface area contributed by atoms with E-state index in [9.17, 15) is 10.1 Å². The van der Waals surface area contributed by atoms with E-state index < -0.39 is 4.92 Å². The van der Waals surface area contributed by atoms with Crippen LogP contribution >= 0.6 is 11.6 Å². The second kappa shape index (κ2) is 3.62. The SMILES string of the molecule is O=[N+]([O-])c1ncccc1-n1cnc(Cl)n1. The Morgan fingerprint density at radius 1 is 1.47 bits per heavy atom. The van der Waals surface area contributed by atoms with Gasteiger partial charge in [0.15, 0.2) is 5.69 Å². The first kappa shape index (κ1) is 9.53. The lowest BCUT2D eigenvalue weighted by atomic mass is 10.4. The molecule has 0 radical (unpaired) electrons. The molecule has 0 saturated carbocycles. The van der Waals surface area contributed by atoms with Crippen LogP contribution in [0.25, 0.3) is 5.69 Å². The average Bonchev–Trinajstić information content (AvgIpc) is 2.65. The van der Waals surface area contributed by atoms with Crippen LogP contribution in [0.5, 0.6) is 0 Å². The molecule has 15 heavy (non-hydrogen) atoms. The average molecular weight is 226 g/mol. The van der Waals surface area contributed by atoms with Crippen LogP contribution in [-0.2, 0) is 0 Å². The zero-order valence-corrected chi connectivity index (χ0v) is 8.00. The molecule has 0 unspecified atom stereocenters. The first-order chi connectivity index (χ1) is 7.18. The number of hydrogen-bond acceptors (Lipinski definition) is 5. The molecule has 76 valence electrons. The molecule has 2 aromatic heterocycles. The van der Waals surface area contributed by atoms with Crippen molar-refractivity contribution in [2.75, 3.05) is 0 Å². The summed E-state index contributed by atoms with van der Waals surface area (Å²) in [5, 5.41) is 14.4. The first-order valence-electron chi connectivity index (χ1n) is 3.85. The van der Waals surface area contributed by atoms with Gasteiger partial charge in [-0.15, -0.1) is 5.10 Å². The van der Waals surface area contributed by atoms with Gasteiger partial charge in [0, 0.05) is 0 Å². The highest BCUT2D eigenvalue weighted by Gasteiger charge is 2.16. The number of aromatic nitrogens is 4.